The maximum atomic E-state index is 12.2. The molecule has 0 saturated heterocycles. The molecule has 1 aromatic carbocycles. The Morgan fingerprint density at radius 2 is 2.04 bits per heavy atom. The molecule has 1 saturated carbocycles. The fraction of sp³-hybridized carbons (Fsp3) is 0.526. The van der Waals surface area contributed by atoms with Gasteiger partial charge in [-0.3, -0.25) is 4.79 Å². The van der Waals surface area contributed by atoms with Crippen molar-refractivity contribution in [2.24, 2.45) is 5.73 Å². The third-order valence-electron chi connectivity index (χ3n) is 4.73. The molecule has 1 aliphatic rings. The van der Waals surface area contributed by atoms with Crippen molar-refractivity contribution in [1.82, 2.24) is 20.1 Å². The fourth-order valence-corrected chi connectivity index (χ4v) is 3.07. The zero-order chi connectivity index (χ0) is 19.4. The third kappa shape index (κ3) is 5.14. The van der Waals surface area contributed by atoms with Crippen LogP contribution in [0, 0.1) is 0 Å². The highest BCUT2D eigenvalue weighted by Gasteiger charge is 2.21. The number of methoxy groups -OCH3 is 2. The molecule has 1 fully saturated rings. The highest BCUT2D eigenvalue weighted by atomic mass is 35.5. The molecule has 0 unspecified atom stereocenters. The lowest BCUT2D eigenvalue weighted by Crippen LogP contribution is -2.41. The van der Waals surface area contributed by atoms with Gasteiger partial charge in [0.1, 0.15) is 12.4 Å². The van der Waals surface area contributed by atoms with E-state index in [0.29, 0.717) is 35.6 Å². The summed E-state index contributed by atoms with van der Waals surface area (Å²) in [5, 5.41) is 7.53. The molecule has 8 nitrogen and oxygen atoms in total. The van der Waals surface area contributed by atoms with Gasteiger partial charge in [0.05, 0.1) is 20.3 Å². The van der Waals surface area contributed by atoms with Crippen molar-refractivity contribution in [2.45, 2.75) is 51.2 Å². The maximum Gasteiger partial charge on any atom is 0.242 e. The lowest BCUT2D eigenvalue weighted by molar-refractivity contribution is -0.123. The molecule has 1 aromatic heterocycles. The summed E-state index contributed by atoms with van der Waals surface area (Å²) in [6.07, 6.45) is 3.79. The number of nitrogens with one attached hydrogen (secondary N) is 1. The number of hydrogen-bond acceptors (Lipinski definition) is 6. The Morgan fingerprint density at radius 1 is 1.32 bits per heavy atom. The Balaban J connectivity index is 0.00000280. The van der Waals surface area contributed by atoms with Crippen LogP contribution in [0.4, 0.5) is 0 Å². The Morgan fingerprint density at radius 3 is 2.61 bits per heavy atom. The van der Waals surface area contributed by atoms with E-state index in [2.05, 4.69) is 15.4 Å². The lowest BCUT2D eigenvalue weighted by Gasteiger charge is -2.26. The van der Waals surface area contributed by atoms with Gasteiger partial charge in [-0.25, -0.2) is 9.67 Å². The number of nitrogens with zero attached hydrogens (tertiary/aromatic N) is 3. The van der Waals surface area contributed by atoms with Gasteiger partial charge in [0.15, 0.2) is 17.3 Å². The third-order valence-corrected chi connectivity index (χ3v) is 4.73. The molecule has 28 heavy (non-hydrogen) atoms. The second-order valence-corrected chi connectivity index (χ2v) is 6.89. The van der Waals surface area contributed by atoms with Crippen LogP contribution in [0.15, 0.2) is 18.2 Å². The van der Waals surface area contributed by atoms with Crippen LogP contribution in [0.3, 0.4) is 0 Å². The van der Waals surface area contributed by atoms with E-state index in [4.69, 9.17) is 15.2 Å². The van der Waals surface area contributed by atoms with Crippen molar-refractivity contribution in [3.05, 3.63) is 35.4 Å². The van der Waals surface area contributed by atoms with Crippen molar-refractivity contribution in [3.63, 3.8) is 0 Å². The first kappa shape index (κ1) is 22.0. The SMILES string of the molecule is COc1ccc(Cc2nc([C@@H](C)N)n(CC(=O)NC3CCC3)n2)cc1OC.Cl. The second-order valence-electron chi connectivity index (χ2n) is 6.89. The highest BCUT2D eigenvalue weighted by molar-refractivity contribution is 5.85. The smallest absolute Gasteiger partial charge is 0.242 e. The molecule has 1 atom stereocenters. The summed E-state index contributed by atoms with van der Waals surface area (Å²) in [5.41, 5.74) is 7.01. The predicted octanol–water partition coefficient (Wildman–Crippen LogP) is 2.00. The molecule has 1 amide bonds. The van der Waals surface area contributed by atoms with Gasteiger partial charge in [0.25, 0.3) is 0 Å². The summed E-state index contributed by atoms with van der Waals surface area (Å²) in [6.45, 7) is 1.97. The van der Waals surface area contributed by atoms with Gasteiger partial charge in [-0.05, 0) is 43.9 Å². The zero-order valence-corrected chi connectivity index (χ0v) is 17.3. The van der Waals surface area contributed by atoms with Crippen LogP contribution in [0.25, 0.3) is 0 Å². The van der Waals surface area contributed by atoms with Gasteiger partial charge in [-0.1, -0.05) is 6.07 Å². The van der Waals surface area contributed by atoms with Crippen molar-refractivity contribution in [3.8, 4) is 11.5 Å². The van der Waals surface area contributed by atoms with Gasteiger partial charge in [0.2, 0.25) is 5.91 Å². The highest BCUT2D eigenvalue weighted by Crippen LogP contribution is 2.28. The zero-order valence-electron chi connectivity index (χ0n) is 16.5. The molecular formula is C19H28ClN5O3. The molecule has 0 aliphatic heterocycles. The topological polar surface area (TPSA) is 104 Å². The van der Waals surface area contributed by atoms with E-state index in [1.807, 2.05) is 25.1 Å². The first-order chi connectivity index (χ1) is 13.0. The number of hydrogen-bond donors (Lipinski definition) is 2. The monoisotopic (exact) mass is 409 g/mol. The van der Waals surface area contributed by atoms with Crippen LogP contribution in [0.1, 0.15) is 49.4 Å². The molecule has 9 heteroatoms. The standard InChI is InChI=1S/C19H27N5O3.ClH/c1-12(20)19-22-17(10-13-7-8-15(26-2)16(9-13)27-3)23-24(19)11-18(25)21-14-5-4-6-14;/h7-9,12,14H,4-6,10-11,20H2,1-3H3,(H,21,25);1H/t12-;/m1./s1. The van der Waals surface area contributed by atoms with E-state index in [9.17, 15) is 4.79 Å². The minimum atomic E-state index is -0.312. The summed E-state index contributed by atoms with van der Waals surface area (Å²) >= 11 is 0. The first-order valence-electron chi connectivity index (χ1n) is 9.19. The molecule has 2 aromatic rings. The summed E-state index contributed by atoms with van der Waals surface area (Å²) < 4.78 is 12.2. The van der Waals surface area contributed by atoms with Crippen LogP contribution >= 0.6 is 12.4 Å². The molecule has 0 radical (unpaired) electrons. The Labute approximate surface area is 171 Å². The van der Waals surface area contributed by atoms with E-state index in [1.165, 1.54) is 6.42 Å². The van der Waals surface area contributed by atoms with Gasteiger partial charge < -0.3 is 20.5 Å². The average molecular weight is 410 g/mol. The minimum Gasteiger partial charge on any atom is -0.493 e. The van der Waals surface area contributed by atoms with Crippen molar-refractivity contribution >= 4 is 18.3 Å². The van der Waals surface area contributed by atoms with Crippen LogP contribution < -0.4 is 20.5 Å². The average Bonchev–Trinajstić information content (AvgIpc) is 3.00. The minimum absolute atomic E-state index is 0. The summed E-state index contributed by atoms with van der Waals surface area (Å²) in [4.78, 5) is 16.8. The van der Waals surface area contributed by atoms with Crippen LogP contribution in [0.5, 0.6) is 11.5 Å². The van der Waals surface area contributed by atoms with Gasteiger partial charge in [-0.15, -0.1) is 12.4 Å². The Kier molecular flexibility index (Phi) is 7.65. The Bertz CT molecular complexity index is 805. The van der Waals surface area contributed by atoms with Gasteiger partial charge >= 0.3 is 0 Å². The summed E-state index contributed by atoms with van der Waals surface area (Å²) in [7, 11) is 3.20. The van der Waals surface area contributed by atoms with Crippen molar-refractivity contribution in [1.29, 1.82) is 0 Å². The van der Waals surface area contributed by atoms with E-state index >= 15 is 0 Å². The molecule has 3 rings (SSSR count). The lowest BCUT2D eigenvalue weighted by atomic mass is 9.93. The summed E-state index contributed by atoms with van der Waals surface area (Å²) in [5.74, 6) is 2.50. The molecule has 3 N–H and O–H groups in total. The molecular weight excluding hydrogens is 382 g/mol. The summed E-state index contributed by atoms with van der Waals surface area (Å²) in [6, 6.07) is 5.67. The predicted molar refractivity (Wildman–Crippen MR) is 108 cm³/mol. The van der Waals surface area contributed by atoms with Crippen LogP contribution in [-0.2, 0) is 17.8 Å². The van der Waals surface area contributed by atoms with E-state index < -0.39 is 0 Å². The number of carbonyl (C=O) groups excluding carboxylic acids is 1. The molecule has 1 heterocycles. The van der Waals surface area contributed by atoms with Gasteiger partial charge in [-0.2, -0.15) is 5.10 Å². The molecule has 154 valence electrons. The largest absolute Gasteiger partial charge is 0.493 e. The second kappa shape index (κ2) is 9.75. The van der Waals surface area contributed by atoms with E-state index in [-0.39, 0.29) is 30.9 Å². The van der Waals surface area contributed by atoms with Crippen molar-refractivity contribution < 1.29 is 14.3 Å². The molecule has 1 aliphatic carbocycles. The Hall–Kier alpha value is -2.32. The number of rotatable bonds is 8. The van der Waals surface area contributed by atoms with E-state index in [0.717, 1.165) is 18.4 Å². The van der Waals surface area contributed by atoms with Crippen LogP contribution in [-0.4, -0.2) is 40.9 Å². The first-order valence-corrected chi connectivity index (χ1v) is 9.19. The maximum absolute atomic E-state index is 12.2. The molecule has 0 spiro atoms. The number of nitrogens with two attached hydrogens (primary N) is 1. The van der Waals surface area contributed by atoms with Crippen molar-refractivity contribution in [2.75, 3.05) is 14.2 Å². The fourth-order valence-electron chi connectivity index (χ4n) is 3.07. The normalized spacial score (nSPS) is 14.6. The number of ether oxygens (including phenoxy) is 2. The number of amides is 1. The quantitative estimate of drug-likeness (QED) is 0.691. The number of halogens is 1. The molecule has 0 bridgehead atoms. The number of aromatic nitrogens is 3. The van der Waals surface area contributed by atoms with Gasteiger partial charge in [0, 0.05) is 12.5 Å². The van der Waals surface area contributed by atoms with Crippen LogP contribution in [0.2, 0.25) is 0 Å². The van der Waals surface area contributed by atoms with E-state index in [1.54, 1.807) is 18.9 Å². The number of benzene rings is 1. The number of carbonyl (C=O) groups is 1.